The molecule has 2 saturated heterocycles. The van der Waals surface area contributed by atoms with E-state index in [0.717, 1.165) is 0 Å². The predicted molar refractivity (Wildman–Crippen MR) is 96.5 cm³/mol. The molecule has 1 aromatic carbocycles. The Kier molecular flexibility index (Phi) is 5.55. The van der Waals surface area contributed by atoms with Crippen molar-refractivity contribution in [2.24, 2.45) is 5.41 Å². The number of carboxylic acids is 1. The molecular weight excluding hydrogens is 372 g/mol. The smallest absolute Gasteiger partial charge is 0.313 e. The zero-order chi connectivity index (χ0) is 19.7. The van der Waals surface area contributed by atoms with Crippen LogP contribution >= 0.6 is 0 Å². The number of hydrogen-bond acceptors (Lipinski definition) is 5. The van der Waals surface area contributed by atoms with Gasteiger partial charge in [-0.25, -0.2) is 8.42 Å². The molecule has 1 amide bonds. The van der Waals surface area contributed by atoms with Crippen molar-refractivity contribution < 1.29 is 27.9 Å². The van der Waals surface area contributed by atoms with Gasteiger partial charge in [0, 0.05) is 26.7 Å². The summed E-state index contributed by atoms with van der Waals surface area (Å²) >= 11 is 0. The Morgan fingerprint density at radius 2 is 1.96 bits per heavy atom. The Labute approximate surface area is 158 Å². The summed E-state index contributed by atoms with van der Waals surface area (Å²) in [5.41, 5.74) is -1.13. The maximum absolute atomic E-state index is 13.0. The third kappa shape index (κ3) is 3.59. The first-order valence-corrected chi connectivity index (χ1v) is 10.3. The molecule has 2 aliphatic rings. The van der Waals surface area contributed by atoms with Crippen LogP contribution in [0.25, 0.3) is 0 Å². The Morgan fingerprint density at radius 3 is 2.59 bits per heavy atom. The van der Waals surface area contributed by atoms with Gasteiger partial charge in [0.15, 0.2) is 0 Å². The molecule has 0 aromatic heterocycles. The van der Waals surface area contributed by atoms with Crippen molar-refractivity contribution in [3.05, 3.63) is 30.3 Å². The molecule has 0 bridgehead atoms. The van der Waals surface area contributed by atoms with E-state index >= 15 is 0 Å². The van der Waals surface area contributed by atoms with E-state index in [-0.39, 0.29) is 37.0 Å². The number of aliphatic carboxylic acids is 1. The van der Waals surface area contributed by atoms with E-state index < -0.39 is 27.4 Å². The van der Waals surface area contributed by atoms with Gasteiger partial charge in [0.2, 0.25) is 15.9 Å². The molecule has 0 aliphatic carbocycles. The average molecular weight is 396 g/mol. The summed E-state index contributed by atoms with van der Waals surface area (Å²) in [5.74, 6) is -1.33. The second kappa shape index (κ2) is 7.57. The SMILES string of the molecule is COCC1(C(=O)O)CCN(C(=O)C2CCCN2S(=O)(=O)c2ccccc2)C1. The van der Waals surface area contributed by atoms with E-state index in [4.69, 9.17) is 4.74 Å². The minimum atomic E-state index is -3.77. The second-order valence-corrected chi connectivity index (χ2v) is 9.01. The standard InChI is InChI=1S/C18H24N2O6S/c1-26-13-18(17(22)23)9-11-19(12-18)16(21)15-8-5-10-20(15)27(24,25)14-6-3-2-4-7-14/h2-4,6-7,15H,5,8-13H2,1H3,(H,22,23). The first kappa shape index (κ1) is 19.8. The summed E-state index contributed by atoms with van der Waals surface area (Å²) in [7, 11) is -2.34. The number of carbonyl (C=O) groups excluding carboxylic acids is 1. The van der Waals surface area contributed by atoms with E-state index in [2.05, 4.69) is 0 Å². The van der Waals surface area contributed by atoms with Crippen molar-refractivity contribution in [3.8, 4) is 0 Å². The maximum atomic E-state index is 13.0. The largest absolute Gasteiger partial charge is 0.481 e. The average Bonchev–Trinajstić information content (AvgIpc) is 3.31. The molecule has 2 aliphatic heterocycles. The molecule has 3 rings (SSSR count). The second-order valence-electron chi connectivity index (χ2n) is 7.12. The fraction of sp³-hybridized carbons (Fsp3) is 0.556. The minimum Gasteiger partial charge on any atom is -0.481 e. The zero-order valence-electron chi connectivity index (χ0n) is 15.2. The molecule has 27 heavy (non-hydrogen) atoms. The van der Waals surface area contributed by atoms with Gasteiger partial charge in [-0.3, -0.25) is 9.59 Å². The lowest BCUT2D eigenvalue weighted by molar-refractivity contribution is -0.151. The molecule has 148 valence electrons. The van der Waals surface area contributed by atoms with Gasteiger partial charge in [-0.2, -0.15) is 4.31 Å². The Morgan fingerprint density at radius 1 is 1.26 bits per heavy atom. The van der Waals surface area contributed by atoms with Crippen LogP contribution in [0.3, 0.4) is 0 Å². The summed E-state index contributed by atoms with van der Waals surface area (Å²) in [6.45, 7) is 0.612. The van der Waals surface area contributed by atoms with Crippen molar-refractivity contribution in [3.63, 3.8) is 0 Å². The first-order chi connectivity index (χ1) is 12.8. The number of amides is 1. The fourth-order valence-corrected chi connectivity index (χ4v) is 5.58. The molecule has 0 saturated carbocycles. The molecule has 2 unspecified atom stereocenters. The number of carbonyl (C=O) groups is 2. The molecule has 1 N–H and O–H groups in total. The van der Waals surface area contributed by atoms with Crippen LogP contribution in [0.2, 0.25) is 0 Å². The van der Waals surface area contributed by atoms with Crippen LogP contribution in [0, 0.1) is 5.41 Å². The van der Waals surface area contributed by atoms with Crippen LogP contribution in [0.15, 0.2) is 35.2 Å². The summed E-state index contributed by atoms with van der Waals surface area (Å²) in [4.78, 5) is 26.4. The molecule has 0 spiro atoms. The topological polar surface area (TPSA) is 104 Å². The number of methoxy groups -OCH3 is 1. The van der Waals surface area contributed by atoms with Gasteiger partial charge in [0.1, 0.15) is 11.5 Å². The highest BCUT2D eigenvalue weighted by Gasteiger charge is 2.49. The molecular formula is C18H24N2O6S. The van der Waals surface area contributed by atoms with Crippen molar-refractivity contribution in [2.75, 3.05) is 33.4 Å². The van der Waals surface area contributed by atoms with Crippen molar-refractivity contribution in [1.82, 2.24) is 9.21 Å². The summed E-state index contributed by atoms with van der Waals surface area (Å²) in [5, 5.41) is 9.57. The summed E-state index contributed by atoms with van der Waals surface area (Å²) in [6.07, 6.45) is 1.32. The van der Waals surface area contributed by atoms with Gasteiger partial charge in [-0.15, -0.1) is 0 Å². The van der Waals surface area contributed by atoms with Gasteiger partial charge >= 0.3 is 5.97 Å². The number of likely N-dealkylation sites (tertiary alicyclic amines) is 1. The van der Waals surface area contributed by atoms with Crippen molar-refractivity contribution in [1.29, 1.82) is 0 Å². The Bertz CT molecular complexity index is 812. The summed E-state index contributed by atoms with van der Waals surface area (Å²) < 4.78 is 32.2. The zero-order valence-corrected chi connectivity index (χ0v) is 16.0. The van der Waals surface area contributed by atoms with Crippen LogP contribution in [0.5, 0.6) is 0 Å². The van der Waals surface area contributed by atoms with Gasteiger partial charge < -0.3 is 14.7 Å². The number of benzene rings is 1. The van der Waals surface area contributed by atoms with E-state index in [1.807, 2.05) is 0 Å². The van der Waals surface area contributed by atoms with Crippen molar-refractivity contribution in [2.45, 2.75) is 30.2 Å². The van der Waals surface area contributed by atoms with Crippen molar-refractivity contribution >= 4 is 21.9 Å². The highest BCUT2D eigenvalue weighted by Crippen LogP contribution is 2.34. The van der Waals surface area contributed by atoms with Gasteiger partial charge in [-0.1, -0.05) is 18.2 Å². The molecule has 2 atom stereocenters. The minimum absolute atomic E-state index is 0.0167. The van der Waals surface area contributed by atoms with Gasteiger partial charge in [0.05, 0.1) is 11.5 Å². The van der Waals surface area contributed by atoms with E-state index in [9.17, 15) is 23.1 Å². The van der Waals surface area contributed by atoms with Crippen LogP contribution < -0.4 is 0 Å². The normalized spacial score (nSPS) is 26.4. The fourth-order valence-electron chi connectivity index (χ4n) is 3.90. The first-order valence-electron chi connectivity index (χ1n) is 8.90. The molecule has 2 fully saturated rings. The van der Waals surface area contributed by atoms with Gasteiger partial charge in [-0.05, 0) is 31.4 Å². The number of carboxylic acid groups (broad SMARTS) is 1. The maximum Gasteiger partial charge on any atom is 0.313 e. The van der Waals surface area contributed by atoms with E-state index in [1.165, 1.54) is 28.4 Å². The number of hydrogen-bond donors (Lipinski definition) is 1. The van der Waals surface area contributed by atoms with Crippen LogP contribution in [-0.2, 0) is 24.3 Å². The highest BCUT2D eigenvalue weighted by molar-refractivity contribution is 7.89. The van der Waals surface area contributed by atoms with Gasteiger partial charge in [0.25, 0.3) is 0 Å². The highest BCUT2D eigenvalue weighted by atomic mass is 32.2. The van der Waals surface area contributed by atoms with E-state index in [1.54, 1.807) is 18.2 Å². The van der Waals surface area contributed by atoms with Crippen LogP contribution in [0.1, 0.15) is 19.3 Å². The molecule has 0 radical (unpaired) electrons. The third-order valence-corrected chi connectivity index (χ3v) is 7.30. The number of rotatable bonds is 6. The molecule has 8 nitrogen and oxygen atoms in total. The Hall–Kier alpha value is -1.97. The third-order valence-electron chi connectivity index (χ3n) is 5.38. The quantitative estimate of drug-likeness (QED) is 0.762. The number of sulfonamides is 1. The molecule has 2 heterocycles. The molecule has 9 heteroatoms. The Balaban J connectivity index is 1.80. The van der Waals surface area contributed by atoms with E-state index in [0.29, 0.717) is 19.3 Å². The van der Waals surface area contributed by atoms with Crippen LogP contribution in [0.4, 0.5) is 0 Å². The van der Waals surface area contributed by atoms with Crippen LogP contribution in [-0.4, -0.2) is 74.0 Å². The lowest BCUT2D eigenvalue weighted by Crippen LogP contribution is -2.48. The monoisotopic (exact) mass is 396 g/mol. The predicted octanol–water partition coefficient (Wildman–Crippen LogP) is 0.789. The molecule has 1 aromatic rings. The number of nitrogens with zero attached hydrogens (tertiary/aromatic N) is 2. The number of ether oxygens (including phenoxy) is 1. The lowest BCUT2D eigenvalue weighted by atomic mass is 9.88. The lowest BCUT2D eigenvalue weighted by Gasteiger charge is -2.28. The summed E-state index contributed by atoms with van der Waals surface area (Å²) in [6, 6.07) is 7.26.